The van der Waals surface area contributed by atoms with Crippen LogP contribution in [0.25, 0.3) is 5.57 Å². The SMILES string of the molecule is O=C1C(c2ccccc2)=COCN1CCO. The standard InChI is InChI=1S/C12H13NO3/c14-7-6-13-9-16-8-11(12(13)15)10-4-2-1-3-5-10/h1-5,8,14H,6-7,9H2. The average molecular weight is 219 g/mol. The van der Waals surface area contributed by atoms with E-state index in [1.54, 1.807) is 0 Å². The first kappa shape index (κ1) is 10.7. The first-order valence-electron chi connectivity index (χ1n) is 5.10. The summed E-state index contributed by atoms with van der Waals surface area (Å²) >= 11 is 0. The summed E-state index contributed by atoms with van der Waals surface area (Å²) in [5.41, 5.74) is 1.36. The molecule has 1 aromatic rings. The number of hydrogen-bond donors (Lipinski definition) is 1. The van der Waals surface area contributed by atoms with Crippen LogP contribution in [-0.2, 0) is 9.53 Å². The van der Waals surface area contributed by atoms with E-state index in [2.05, 4.69) is 0 Å². The molecule has 1 amide bonds. The predicted molar refractivity (Wildman–Crippen MR) is 59.2 cm³/mol. The molecule has 4 heteroatoms. The number of benzene rings is 1. The molecule has 0 aromatic heterocycles. The second kappa shape index (κ2) is 4.81. The van der Waals surface area contributed by atoms with Crippen molar-refractivity contribution < 1.29 is 14.6 Å². The van der Waals surface area contributed by atoms with Gasteiger partial charge in [-0.1, -0.05) is 30.3 Å². The molecule has 1 aliphatic heterocycles. The lowest BCUT2D eigenvalue weighted by Gasteiger charge is -2.26. The van der Waals surface area contributed by atoms with Gasteiger partial charge in [-0.3, -0.25) is 4.79 Å². The molecule has 1 aliphatic rings. The Balaban J connectivity index is 2.22. The van der Waals surface area contributed by atoms with Crippen molar-refractivity contribution in [3.63, 3.8) is 0 Å². The molecule has 4 nitrogen and oxygen atoms in total. The Morgan fingerprint density at radius 3 is 2.75 bits per heavy atom. The van der Waals surface area contributed by atoms with Gasteiger partial charge >= 0.3 is 0 Å². The molecule has 0 unspecified atom stereocenters. The molecule has 1 N–H and O–H groups in total. The van der Waals surface area contributed by atoms with Gasteiger partial charge in [0, 0.05) is 6.54 Å². The van der Waals surface area contributed by atoms with E-state index in [0.29, 0.717) is 12.1 Å². The third-order valence-corrected chi connectivity index (χ3v) is 2.40. The summed E-state index contributed by atoms with van der Waals surface area (Å²) in [6, 6.07) is 9.34. The lowest BCUT2D eigenvalue weighted by Crippen LogP contribution is -2.38. The molecule has 0 radical (unpaired) electrons. The van der Waals surface area contributed by atoms with Gasteiger partial charge in [0.25, 0.3) is 5.91 Å². The highest BCUT2D eigenvalue weighted by molar-refractivity contribution is 6.19. The smallest absolute Gasteiger partial charge is 0.260 e. The van der Waals surface area contributed by atoms with Crippen LogP contribution in [0.1, 0.15) is 5.56 Å². The quantitative estimate of drug-likeness (QED) is 0.819. The Kier molecular flexibility index (Phi) is 3.22. The molecule has 2 rings (SSSR count). The monoisotopic (exact) mass is 219 g/mol. The number of carbonyl (C=O) groups is 1. The van der Waals surface area contributed by atoms with Crippen LogP contribution in [0.5, 0.6) is 0 Å². The first-order chi connectivity index (χ1) is 7.83. The maximum absolute atomic E-state index is 12.0. The molecule has 84 valence electrons. The van der Waals surface area contributed by atoms with Gasteiger partial charge in [0.15, 0.2) is 6.73 Å². The molecule has 0 aliphatic carbocycles. The fourth-order valence-corrected chi connectivity index (χ4v) is 1.59. The second-order valence-electron chi connectivity index (χ2n) is 3.49. The van der Waals surface area contributed by atoms with E-state index >= 15 is 0 Å². The topological polar surface area (TPSA) is 49.8 Å². The summed E-state index contributed by atoms with van der Waals surface area (Å²) < 4.78 is 5.20. The lowest BCUT2D eigenvalue weighted by molar-refractivity contribution is -0.131. The third-order valence-electron chi connectivity index (χ3n) is 2.40. The van der Waals surface area contributed by atoms with Crippen LogP contribution in [0.3, 0.4) is 0 Å². The minimum absolute atomic E-state index is 0.0584. The normalized spacial score (nSPS) is 15.7. The molecular weight excluding hydrogens is 206 g/mol. The van der Waals surface area contributed by atoms with Crippen molar-refractivity contribution in [3.05, 3.63) is 42.2 Å². The van der Waals surface area contributed by atoms with E-state index in [4.69, 9.17) is 9.84 Å². The van der Waals surface area contributed by atoms with Gasteiger partial charge in [-0.2, -0.15) is 0 Å². The highest BCUT2D eigenvalue weighted by Crippen LogP contribution is 2.20. The number of aliphatic hydroxyl groups is 1. The van der Waals surface area contributed by atoms with Crippen molar-refractivity contribution in [1.82, 2.24) is 4.90 Å². The van der Waals surface area contributed by atoms with Crippen LogP contribution < -0.4 is 0 Å². The van der Waals surface area contributed by atoms with E-state index in [1.165, 1.54) is 11.2 Å². The molecule has 0 bridgehead atoms. The summed E-state index contributed by atoms with van der Waals surface area (Å²) in [6.45, 7) is 0.440. The summed E-state index contributed by atoms with van der Waals surface area (Å²) in [5, 5.41) is 8.82. The number of amides is 1. The van der Waals surface area contributed by atoms with Crippen molar-refractivity contribution in [2.75, 3.05) is 19.9 Å². The Morgan fingerprint density at radius 2 is 2.06 bits per heavy atom. The van der Waals surface area contributed by atoms with Gasteiger partial charge in [0.05, 0.1) is 18.4 Å². The zero-order chi connectivity index (χ0) is 11.4. The third kappa shape index (κ3) is 2.06. The summed E-state index contributed by atoms with van der Waals surface area (Å²) in [4.78, 5) is 13.5. The van der Waals surface area contributed by atoms with Gasteiger partial charge in [0.1, 0.15) is 0 Å². The minimum atomic E-state index is -0.105. The zero-order valence-electron chi connectivity index (χ0n) is 8.80. The second-order valence-corrected chi connectivity index (χ2v) is 3.49. The van der Waals surface area contributed by atoms with Gasteiger partial charge in [0.2, 0.25) is 0 Å². The fraction of sp³-hybridized carbons (Fsp3) is 0.250. The number of hydrogen-bond acceptors (Lipinski definition) is 3. The predicted octanol–water partition coefficient (Wildman–Crippen LogP) is 0.836. The number of rotatable bonds is 3. The first-order valence-corrected chi connectivity index (χ1v) is 5.10. The van der Waals surface area contributed by atoms with Crippen LogP contribution in [-0.4, -0.2) is 35.8 Å². The highest BCUT2D eigenvalue weighted by atomic mass is 16.5. The maximum Gasteiger partial charge on any atom is 0.260 e. The van der Waals surface area contributed by atoms with Gasteiger partial charge < -0.3 is 14.7 Å². The molecule has 0 spiro atoms. The Hall–Kier alpha value is -1.81. The Labute approximate surface area is 93.8 Å². The van der Waals surface area contributed by atoms with E-state index in [-0.39, 0.29) is 19.2 Å². The molecule has 0 saturated heterocycles. The van der Waals surface area contributed by atoms with Crippen molar-refractivity contribution in [1.29, 1.82) is 0 Å². The molecule has 1 aromatic carbocycles. The van der Waals surface area contributed by atoms with E-state index < -0.39 is 0 Å². The van der Waals surface area contributed by atoms with Crippen LogP contribution in [0.15, 0.2) is 36.6 Å². The van der Waals surface area contributed by atoms with Gasteiger partial charge in [-0.25, -0.2) is 0 Å². The van der Waals surface area contributed by atoms with E-state index in [9.17, 15) is 4.79 Å². The van der Waals surface area contributed by atoms with Crippen molar-refractivity contribution >= 4 is 11.5 Å². The Morgan fingerprint density at radius 1 is 1.31 bits per heavy atom. The molecule has 0 atom stereocenters. The number of aliphatic hydroxyl groups excluding tert-OH is 1. The zero-order valence-corrected chi connectivity index (χ0v) is 8.80. The largest absolute Gasteiger partial charge is 0.480 e. The van der Waals surface area contributed by atoms with Crippen LogP contribution in [0, 0.1) is 0 Å². The lowest BCUT2D eigenvalue weighted by atomic mass is 10.1. The van der Waals surface area contributed by atoms with E-state index in [0.717, 1.165) is 5.56 Å². The summed E-state index contributed by atoms with van der Waals surface area (Å²) in [6.07, 6.45) is 1.48. The minimum Gasteiger partial charge on any atom is -0.480 e. The van der Waals surface area contributed by atoms with Crippen molar-refractivity contribution in [2.45, 2.75) is 0 Å². The molecule has 16 heavy (non-hydrogen) atoms. The van der Waals surface area contributed by atoms with Crippen LogP contribution in [0.4, 0.5) is 0 Å². The molecule has 0 fully saturated rings. The molecule has 1 heterocycles. The van der Waals surface area contributed by atoms with Crippen LogP contribution in [0.2, 0.25) is 0 Å². The molecule has 0 saturated carbocycles. The number of ether oxygens (including phenoxy) is 1. The van der Waals surface area contributed by atoms with Crippen molar-refractivity contribution in [3.8, 4) is 0 Å². The van der Waals surface area contributed by atoms with Crippen molar-refractivity contribution in [2.24, 2.45) is 0 Å². The highest BCUT2D eigenvalue weighted by Gasteiger charge is 2.23. The maximum atomic E-state index is 12.0. The number of carbonyl (C=O) groups excluding carboxylic acids is 1. The average Bonchev–Trinajstić information content (AvgIpc) is 2.33. The van der Waals surface area contributed by atoms with E-state index in [1.807, 2.05) is 30.3 Å². The van der Waals surface area contributed by atoms with Gasteiger partial charge in [-0.15, -0.1) is 0 Å². The number of nitrogens with zero attached hydrogens (tertiary/aromatic N) is 1. The molecular formula is C12H13NO3. The Bertz CT molecular complexity index is 400. The number of β-amino-alcohol motifs (C(OH)–C–C–N with tert-alkyl or cyclic N) is 1. The fourth-order valence-electron chi connectivity index (χ4n) is 1.59. The summed E-state index contributed by atoms with van der Waals surface area (Å²) in [7, 11) is 0. The van der Waals surface area contributed by atoms with Gasteiger partial charge in [-0.05, 0) is 5.56 Å². The summed E-state index contributed by atoms with van der Waals surface area (Å²) in [5.74, 6) is -0.105. The van der Waals surface area contributed by atoms with Crippen LogP contribution >= 0.6 is 0 Å².